The summed E-state index contributed by atoms with van der Waals surface area (Å²) in [5.74, 6) is 0. The number of hydrogen-bond donors (Lipinski definition) is 1. The first-order chi connectivity index (χ1) is 5.88. The van der Waals surface area contributed by atoms with Crippen molar-refractivity contribution in [3.63, 3.8) is 0 Å². The van der Waals surface area contributed by atoms with Gasteiger partial charge in [0.05, 0.1) is 0 Å². The highest BCUT2D eigenvalue weighted by atomic mass is 79.9. The molecule has 1 aromatic heterocycles. The van der Waals surface area contributed by atoms with Crippen molar-refractivity contribution in [2.75, 3.05) is 13.1 Å². The highest BCUT2D eigenvalue weighted by Crippen LogP contribution is 2.22. The fourth-order valence-corrected chi connectivity index (χ4v) is 2.18. The summed E-state index contributed by atoms with van der Waals surface area (Å²) in [6.45, 7) is 2.24. The zero-order chi connectivity index (χ0) is 8.39. The average Bonchev–Trinajstić information content (AvgIpc) is 2.53. The molecule has 0 spiro atoms. The van der Waals surface area contributed by atoms with Crippen LogP contribution in [0.5, 0.6) is 0 Å². The lowest BCUT2D eigenvalue weighted by Gasteiger charge is -2.24. The second-order valence-electron chi connectivity index (χ2n) is 3.08. The van der Waals surface area contributed by atoms with E-state index in [4.69, 9.17) is 0 Å². The van der Waals surface area contributed by atoms with Crippen LogP contribution in [-0.2, 0) is 0 Å². The minimum absolute atomic E-state index is 0.628. The van der Waals surface area contributed by atoms with Crippen molar-refractivity contribution in [3.05, 3.63) is 17.1 Å². The monoisotopic (exact) mass is 229 g/mol. The molecule has 0 radical (unpaired) electrons. The summed E-state index contributed by atoms with van der Waals surface area (Å²) in [4.78, 5) is 4.15. The van der Waals surface area contributed by atoms with E-state index in [9.17, 15) is 0 Å². The molecule has 0 amide bonds. The fraction of sp³-hybridized carbons (Fsp3) is 0.625. The quantitative estimate of drug-likeness (QED) is 0.793. The van der Waals surface area contributed by atoms with Gasteiger partial charge in [-0.25, -0.2) is 4.98 Å². The second kappa shape index (κ2) is 3.58. The molecule has 66 valence electrons. The fourth-order valence-electron chi connectivity index (χ4n) is 1.65. The van der Waals surface area contributed by atoms with Crippen LogP contribution in [0.25, 0.3) is 0 Å². The van der Waals surface area contributed by atoms with E-state index in [0.29, 0.717) is 6.04 Å². The molecule has 0 aromatic carbocycles. The number of nitrogens with one attached hydrogen (secondary N) is 1. The number of aromatic nitrogens is 2. The molecule has 2 rings (SSSR count). The van der Waals surface area contributed by atoms with Crippen LogP contribution in [0.2, 0.25) is 0 Å². The predicted molar refractivity (Wildman–Crippen MR) is 51.1 cm³/mol. The number of nitrogens with zero attached hydrogens (tertiary/aromatic N) is 2. The number of halogens is 1. The van der Waals surface area contributed by atoms with Crippen molar-refractivity contribution in [1.29, 1.82) is 0 Å². The molecule has 0 bridgehead atoms. The Morgan fingerprint density at radius 2 is 2.25 bits per heavy atom. The van der Waals surface area contributed by atoms with Crippen LogP contribution < -0.4 is 5.32 Å². The summed E-state index contributed by atoms with van der Waals surface area (Å²) in [5.41, 5.74) is 0. The van der Waals surface area contributed by atoms with Gasteiger partial charge in [-0.15, -0.1) is 0 Å². The standard InChI is InChI=1S/C8H12BrN3/c9-8-11-5-6-12(8)7-1-3-10-4-2-7/h5-7,10H,1-4H2. The maximum atomic E-state index is 4.15. The zero-order valence-corrected chi connectivity index (χ0v) is 8.42. The average molecular weight is 230 g/mol. The number of piperidine rings is 1. The minimum Gasteiger partial charge on any atom is -0.322 e. The third kappa shape index (κ3) is 1.54. The van der Waals surface area contributed by atoms with Gasteiger partial charge in [0.1, 0.15) is 0 Å². The minimum atomic E-state index is 0.628. The summed E-state index contributed by atoms with van der Waals surface area (Å²) in [7, 11) is 0. The highest BCUT2D eigenvalue weighted by molar-refractivity contribution is 9.10. The Balaban J connectivity index is 2.13. The lowest BCUT2D eigenvalue weighted by molar-refractivity contribution is 0.363. The first kappa shape index (κ1) is 8.26. The lowest BCUT2D eigenvalue weighted by atomic mass is 10.1. The van der Waals surface area contributed by atoms with Crippen LogP contribution in [0.15, 0.2) is 17.1 Å². The molecule has 0 atom stereocenters. The third-order valence-electron chi connectivity index (χ3n) is 2.32. The molecule has 0 unspecified atom stereocenters. The maximum Gasteiger partial charge on any atom is 0.177 e. The summed E-state index contributed by atoms with van der Waals surface area (Å²) in [6.07, 6.45) is 6.29. The van der Waals surface area contributed by atoms with Crippen molar-refractivity contribution in [2.24, 2.45) is 0 Å². The van der Waals surface area contributed by atoms with Gasteiger partial charge < -0.3 is 9.88 Å². The highest BCUT2D eigenvalue weighted by Gasteiger charge is 2.15. The molecule has 1 saturated heterocycles. The van der Waals surface area contributed by atoms with Crippen LogP contribution in [0, 0.1) is 0 Å². The van der Waals surface area contributed by atoms with Crippen LogP contribution in [0.4, 0.5) is 0 Å². The number of hydrogen-bond acceptors (Lipinski definition) is 2. The largest absolute Gasteiger partial charge is 0.322 e. The van der Waals surface area contributed by atoms with Crippen LogP contribution in [0.3, 0.4) is 0 Å². The summed E-state index contributed by atoms with van der Waals surface area (Å²) in [6, 6.07) is 0.628. The molecule has 12 heavy (non-hydrogen) atoms. The second-order valence-corrected chi connectivity index (χ2v) is 3.79. The predicted octanol–water partition coefficient (Wildman–Crippen LogP) is 1.57. The van der Waals surface area contributed by atoms with Crippen molar-refractivity contribution >= 4 is 15.9 Å². The van der Waals surface area contributed by atoms with E-state index >= 15 is 0 Å². The van der Waals surface area contributed by atoms with Gasteiger partial charge in [-0.2, -0.15) is 0 Å². The maximum absolute atomic E-state index is 4.15. The van der Waals surface area contributed by atoms with Crippen molar-refractivity contribution < 1.29 is 0 Å². The zero-order valence-electron chi connectivity index (χ0n) is 6.83. The first-order valence-electron chi connectivity index (χ1n) is 4.27. The normalized spacial score (nSPS) is 19.8. The van der Waals surface area contributed by atoms with Crippen molar-refractivity contribution in [3.8, 4) is 0 Å². The van der Waals surface area contributed by atoms with Gasteiger partial charge in [-0.3, -0.25) is 0 Å². The van der Waals surface area contributed by atoms with E-state index in [1.165, 1.54) is 12.8 Å². The van der Waals surface area contributed by atoms with Gasteiger partial charge >= 0.3 is 0 Å². The molecule has 1 N–H and O–H groups in total. The van der Waals surface area contributed by atoms with Crippen LogP contribution in [0.1, 0.15) is 18.9 Å². The Morgan fingerprint density at radius 3 is 2.83 bits per heavy atom. The molecule has 1 fully saturated rings. The summed E-state index contributed by atoms with van der Waals surface area (Å²) >= 11 is 3.43. The molecular weight excluding hydrogens is 218 g/mol. The lowest BCUT2D eigenvalue weighted by Crippen LogP contribution is -2.29. The van der Waals surface area contributed by atoms with E-state index in [1.54, 1.807) is 0 Å². The topological polar surface area (TPSA) is 29.9 Å². The van der Waals surface area contributed by atoms with E-state index in [2.05, 4.69) is 30.8 Å². The van der Waals surface area contributed by atoms with E-state index in [0.717, 1.165) is 17.8 Å². The van der Waals surface area contributed by atoms with E-state index in [1.807, 2.05) is 12.4 Å². The van der Waals surface area contributed by atoms with E-state index in [-0.39, 0.29) is 0 Å². The molecule has 4 heteroatoms. The Hall–Kier alpha value is -0.350. The van der Waals surface area contributed by atoms with E-state index < -0.39 is 0 Å². The van der Waals surface area contributed by atoms with Gasteiger partial charge in [0, 0.05) is 18.4 Å². The Kier molecular flexibility index (Phi) is 2.46. The molecule has 1 aliphatic heterocycles. The van der Waals surface area contributed by atoms with Gasteiger partial charge in [0.15, 0.2) is 4.73 Å². The van der Waals surface area contributed by atoms with Crippen LogP contribution in [-0.4, -0.2) is 22.6 Å². The molecule has 0 saturated carbocycles. The van der Waals surface area contributed by atoms with Gasteiger partial charge in [0.25, 0.3) is 0 Å². The molecular formula is C8H12BrN3. The summed E-state index contributed by atoms with van der Waals surface area (Å²) in [5, 5.41) is 3.35. The van der Waals surface area contributed by atoms with Gasteiger partial charge in [0.2, 0.25) is 0 Å². The molecule has 2 heterocycles. The molecule has 3 nitrogen and oxygen atoms in total. The third-order valence-corrected chi connectivity index (χ3v) is 2.94. The molecule has 1 aromatic rings. The Labute approximate surface area is 80.3 Å². The Morgan fingerprint density at radius 1 is 1.50 bits per heavy atom. The van der Waals surface area contributed by atoms with Gasteiger partial charge in [-0.05, 0) is 41.9 Å². The number of imidazole rings is 1. The SMILES string of the molecule is Brc1nccn1C1CCNCC1. The Bertz CT molecular complexity index is 253. The van der Waals surface area contributed by atoms with Crippen molar-refractivity contribution in [1.82, 2.24) is 14.9 Å². The van der Waals surface area contributed by atoms with Crippen molar-refractivity contribution in [2.45, 2.75) is 18.9 Å². The molecule has 1 aliphatic rings. The summed E-state index contributed by atoms with van der Waals surface area (Å²) < 4.78 is 3.16. The van der Waals surface area contributed by atoms with Crippen LogP contribution >= 0.6 is 15.9 Å². The molecule has 0 aliphatic carbocycles. The smallest absolute Gasteiger partial charge is 0.177 e. The number of rotatable bonds is 1. The first-order valence-corrected chi connectivity index (χ1v) is 5.06. The van der Waals surface area contributed by atoms with Gasteiger partial charge in [-0.1, -0.05) is 0 Å².